The highest BCUT2D eigenvalue weighted by atomic mass is 16.7. The highest BCUT2D eigenvalue weighted by Gasteiger charge is 2.15. The van der Waals surface area contributed by atoms with Gasteiger partial charge in [0.05, 0.1) is 6.04 Å². The third kappa shape index (κ3) is 3.59. The van der Waals surface area contributed by atoms with Crippen LogP contribution in [0.5, 0.6) is 11.5 Å². The molecule has 3 N–H and O–H groups in total. The predicted octanol–water partition coefficient (Wildman–Crippen LogP) is 1.19. The molecule has 1 atom stereocenters. The SMILES string of the molecule is COC(OC)C(C)NCc1cccc(O)c1O. The molecule has 96 valence electrons. The summed E-state index contributed by atoms with van der Waals surface area (Å²) in [6, 6.07) is 4.83. The molecular weight excluding hydrogens is 222 g/mol. The van der Waals surface area contributed by atoms with Crippen molar-refractivity contribution in [3.05, 3.63) is 23.8 Å². The van der Waals surface area contributed by atoms with Gasteiger partial charge >= 0.3 is 0 Å². The van der Waals surface area contributed by atoms with Crippen LogP contribution in [0.1, 0.15) is 12.5 Å². The van der Waals surface area contributed by atoms with Crippen LogP contribution in [0.4, 0.5) is 0 Å². The Balaban J connectivity index is 2.58. The molecule has 1 aromatic carbocycles. The number of rotatable bonds is 6. The lowest BCUT2D eigenvalue weighted by molar-refractivity contribution is -0.119. The molecule has 0 aliphatic carbocycles. The van der Waals surface area contributed by atoms with Crippen molar-refractivity contribution in [2.75, 3.05) is 14.2 Å². The van der Waals surface area contributed by atoms with E-state index in [1.807, 2.05) is 6.92 Å². The Labute approximate surface area is 101 Å². The molecule has 0 amide bonds. The minimum absolute atomic E-state index is 0.0354. The van der Waals surface area contributed by atoms with E-state index in [1.54, 1.807) is 26.4 Å². The first-order valence-corrected chi connectivity index (χ1v) is 5.39. The number of methoxy groups -OCH3 is 2. The largest absolute Gasteiger partial charge is 0.504 e. The molecule has 0 aromatic heterocycles. The molecule has 5 nitrogen and oxygen atoms in total. The van der Waals surface area contributed by atoms with Gasteiger partial charge in [-0.05, 0) is 13.0 Å². The first-order valence-electron chi connectivity index (χ1n) is 5.39. The van der Waals surface area contributed by atoms with E-state index < -0.39 is 0 Å². The summed E-state index contributed by atoms with van der Waals surface area (Å²) in [7, 11) is 3.14. The Kier molecular flexibility index (Phi) is 5.21. The molecular formula is C12H19NO4. The maximum Gasteiger partial charge on any atom is 0.171 e. The van der Waals surface area contributed by atoms with E-state index >= 15 is 0 Å². The summed E-state index contributed by atoms with van der Waals surface area (Å²) in [4.78, 5) is 0. The van der Waals surface area contributed by atoms with Gasteiger partial charge in [-0.1, -0.05) is 12.1 Å². The van der Waals surface area contributed by atoms with E-state index in [9.17, 15) is 10.2 Å². The highest BCUT2D eigenvalue weighted by Crippen LogP contribution is 2.27. The molecule has 1 rings (SSSR count). The molecule has 0 spiro atoms. The summed E-state index contributed by atoms with van der Waals surface area (Å²) in [5.74, 6) is -0.217. The first kappa shape index (κ1) is 13.8. The number of phenolic OH excluding ortho intramolecular Hbond substituents is 2. The summed E-state index contributed by atoms with van der Waals surface area (Å²) < 4.78 is 10.2. The molecule has 0 saturated heterocycles. The fourth-order valence-electron chi connectivity index (χ4n) is 1.59. The Bertz CT molecular complexity index is 352. The zero-order valence-electron chi connectivity index (χ0n) is 10.3. The van der Waals surface area contributed by atoms with Gasteiger partial charge in [-0.15, -0.1) is 0 Å². The molecule has 1 unspecified atom stereocenters. The second-order valence-corrected chi connectivity index (χ2v) is 3.79. The van der Waals surface area contributed by atoms with Gasteiger partial charge in [-0.2, -0.15) is 0 Å². The fraction of sp³-hybridized carbons (Fsp3) is 0.500. The van der Waals surface area contributed by atoms with Crippen molar-refractivity contribution in [2.24, 2.45) is 0 Å². The van der Waals surface area contributed by atoms with Crippen LogP contribution >= 0.6 is 0 Å². The van der Waals surface area contributed by atoms with Crippen molar-refractivity contribution < 1.29 is 19.7 Å². The van der Waals surface area contributed by atoms with Crippen molar-refractivity contribution in [1.29, 1.82) is 0 Å². The van der Waals surface area contributed by atoms with Crippen molar-refractivity contribution >= 4 is 0 Å². The normalized spacial score (nSPS) is 12.9. The van der Waals surface area contributed by atoms with Crippen LogP contribution in [-0.2, 0) is 16.0 Å². The summed E-state index contributed by atoms with van der Waals surface area (Å²) >= 11 is 0. The minimum Gasteiger partial charge on any atom is -0.504 e. The van der Waals surface area contributed by atoms with Gasteiger partial charge in [0.1, 0.15) is 0 Å². The van der Waals surface area contributed by atoms with Crippen LogP contribution in [0.25, 0.3) is 0 Å². The van der Waals surface area contributed by atoms with Gasteiger partial charge in [0.15, 0.2) is 17.8 Å². The number of hydrogen-bond donors (Lipinski definition) is 3. The van der Waals surface area contributed by atoms with Crippen LogP contribution in [0.15, 0.2) is 18.2 Å². The van der Waals surface area contributed by atoms with Crippen LogP contribution < -0.4 is 5.32 Å². The van der Waals surface area contributed by atoms with Gasteiger partial charge in [0.2, 0.25) is 0 Å². The zero-order valence-corrected chi connectivity index (χ0v) is 10.3. The van der Waals surface area contributed by atoms with Crippen LogP contribution in [0.3, 0.4) is 0 Å². The molecule has 0 aliphatic rings. The maximum atomic E-state index is 9.61. The Morgan fingerprint density at radius 3 is 2.47 bits per heavy atom. The van der Waals surface area contributed by atoms with E-state index in [1.165, 1.54) is 6.07 Å². The molecule has 0 radical (unpaired) electrons. The van der Waals surface area contributed by atoms with Crippen molar-refractivity contribution in [2.45, 2.75) is 25.8 Å². The van der Waals surface area contributed by atoms with Crippen LogP contribution in [0, 0.1) is 0 Å². The number of nitrogens with one attached hydrogen (secondary N) is 1. The number of aromatic hydroxyl groups is 2. The van der Waals surface area contributed by atoms with Gasteiger partial charge in [-0.25, -0.2) is 0 Å². The molecule has 17 heavy (non-hydrogen) atoms. The fourth-order valence-corrected chi connectivity index (χ4v) is 1.59. The van der Waals surface area contributed by atoms with E-state index in [0.717, 1.165) is 0 Å². The quantitative estimate of drug-likeness (QED) is 0.515. The third-order valence-electron chi connectivity index (χ3n) is 2.59. The number of phenols is 2. The molecule has 1 aromatic rings. The summed E-state index contributed by atoms with van der Waals surface area (Å²) in [6.07, 6.45) is -0.352. The smallest absolute Gasteiger partial charge is 0.171 e. The lowest BCUT2D eigenvalue weighted by Gasteiger charge is -2.22. The van der Waals surface area contributed by atoms with Gasteiger partial charge in [0.25, 0.3) is 0 Å². The number of para-hydroxylation sites is 1. The van der Waals surface area contributed by atoms with E-state index in [2.05, 4.69) is 5.32 Å². The van der Waals surface area contributed by atoms with Crippen molar-refractivity contribution in [1.82, 2.24) is 5.32 Å². The van der Waals surface area contributed by atoms with Crippen molar-refractivity contribution in [3.63, 3.8) is 0 Å². The Morgan fingerprint density at radius 2 is 1.88 bits per heavy atom. The lowest BCUT2D eigenvalue weighted by Crippen LogP contribution is -2.39. The second kappa shape index (κ2) is 6.44. The van der Waals surface area contributed by atoms with Crippen molar-refractivity contribution in [3.8, 4) is 11.5 Å². The topological polar surface area (TPSA) is 71.0 Å². The van der Waals surface area contributed by atoms with E-state index in [-0.39, 0.29) is 23.8 Å². The maximum absolute atomic E-state index is 9.61. The number of ether oxygens (including phenoxy) is 2. The van der Waals surface area contributed by atoms with E-state index in [4.69, 9.17) is 9.47 Å². The van der Waals surface area contributed by atoms with Crippen LogP contribution in [0.2, 0.25) is 0 Å². The molecule has 0 saturated carbocycles. The first-order chi connectivity index (χ1) is 8.10. The minimum atomic E-state index is -0.352. The number of benzene rings is 1. The Morgan fingerprint density at radius 1 is 1.24 bits per heavy atom. The average Bonchev–Trinajstić information content (AvgIpc) is 2.32. The molecule has 0 fully saturated rings. The van der Waals surface area contributed by atoms with Gasteiger partial charge < -0.3 is 25.0 Å². The summed E-state index contributed by atoms with van der Waals surface area (Å²) in [6.45, 7) is 2.34. The van der Waals surface area contributed by atoms with E-state index in [0.29, 0.717) is 12.1 Å². The Hall–Kier alpha value is -1.30. The molecule has 0 heterocycles. The monoisotopic (exact) mass is 241 g/mol. The average molecular weight is 241 g/mol. The van der Waals surface area contributed by atoms with Gasteiger partial charge in [-0.3, -0.25) is 0 Å². The third-order valence-corrected chi connectivity index (χ3v) is 2.59. The molecule has 5 heteroatoms. The lowest BCUT2D eigenvalue weighted by atomic mass is 10.1. The summed E-state index contributed by atoms with van der Waals surface area (Å²) in [5, 5.41) is 22.1. The molecule has 0 aliphatic heterocycles. The molecule has 0 bridgehead atoms. The second-order valence-electron chi connectivity index (χ2n) is 3.79. The summed E-state index contributed by atoms with van der Waals surface area (Å²) in [5.41, 5.74) is 0.628. The van der Waals surface area contributed by atoms with Gasteiger partial charge in [0, 0.05) is 26.3 Å². The predicted molar refractivity (Wildman–Crippen MR) is 63.9 cm³/mol. The van der Waals surface area contributed by atoms with Crippen LogP contribution in [-0.4, -0.2) is 36.8 Å². The standard InChI is InChI=1S/C12H19NO4/c1-8(12(16-2)17-3)13-7-9-5-4-6-10(14)11(9)15/h4-6,8,12-15H,7H2,1-3H3. The zero-order chi connectivity index (χ0) is 12.8. The highest BCUT2D eigenvalue weighted by molar-refractivity contribution is 5.44. The number of hydrogen-bond acceptors (Lipinski definition) is 5.